The Morgan fingerprint density at radius 3 is 2.96 bits per heavy atom. The molecule has 140 valence electrons. The zero-order chi connectivity index (χ0) is 18.4. The summed E-state index contributed by atoms with van der Waals surface area (Å²) >= 11 is 0. The van der Waals surface area contributed by atoms with Crippen molar-refractivity contribution in [3.8, 4) is 0 Å². The fourth-order valence-corrected chi connectivity index (χ4v) is 3.43. The summed E-state index contributed by atoms with van der Waals surface area (Å²) in [6, 6.07) is 6.92. The first-order valence-electron chi connectivity index (χ1n) is 9.19. The monoisotopic (exact) mass is 360 g/mol. The Bertz CT molecular complexity index is 692. The molecule has 1 aromatic rings. The second-order valence-corrected chi connectivity index (χ2v) is 6.95. The molecule has 1 fully saturated rings. The van der Waals surface area contributed by atoms with Crippen LogP contribution in [0.3, 0.4) is 0 Å². The standard InChI is InChI=1S/C19H25FN4O2/c20-17-6-2-1-4-14(17)12-24-11-3-5-16(13-24)21-18(25)9-7-15-8-10-19(26)23-22-15/h1-2,4,6,16H,3,5,7-13H2,(H,21,25)(H,23,26)/t16-/m1/s1. The van der Waals surface area contributed by atoms with Crippen molar-refractivity contribution in [3.05, 3.63) is 35.6 Å². The van der Waals surface area contributed by atoms with Crippen molar-refractivity contribution < 1.29 is 14.0 Å². The molecule has 0 saturated carbocycles. The van der Waals surface area contributed by atoms with Crippen LogP contribution in [0.15, 0.2) is 29.4 Å². The summed E-state index contributed by atoms with van der Waals surface area (Å²) in [6.07, 6.45) is 3.93. The van der Waals surface area contributed by atoms with Crippen LogP contribution in [0.25, 0.3) is 0 Å². The van der Waals surface area contributed by atoms with Gasteiger partial charge in [-0.25, -0.2) is 9.82 Å². The molecular weight excluding hydrogens is 335 g/mol. The summed E-state index contributed by atoms with van der Waals surface area (Å²) in [5.41, 5.74) is 4.01. The molecule has 0 spiro atoms. The lowest BCUT2D eigenvalue weighted by molar-refractivity contribution is -0.122. The molecule has 0 aromatic heterocycles. The van der Waals surface area contributed by atoms with Crippen LogP contribution < -0.4 is 10.7 Å². The number of benzene rings is 1. The maximum absolute atomic E-state index is 13.8. The van der Waals surface area contributed by atoms with Gasteiger partial charge in [-0.15, -0.1) is 0 Å². The van der Waals surface area contributed by atoms with E-state index >= 15 is 0 Å². The average molecular weight is 360 g/mol. The molecule has 0 bridgehead atoms. The van der Waals surface area contributed by atoms with E-state index in [2.05, 4.69) is 20.7 Å². The van der Waals surface area contributed by atoms with E-state index in [-0.39, 0.29) is 23.7 Å². The highest BCUT2D eigenvalue weighted by atomic mass is 19.1. The molecule has 0 radical (unpaired) electrons. The molecule has 2 aliphatic rings. The van der Waals surface area contributed by atoms with E-state index in [4.69, 9.17) is 0 Å². The van der Waals surface area contributed by atoms with E-state index in [1.54, 1.807) is 12.1 Å². The maximum atomic E-state index is 13.8. The minimum Gasteiger partial charge on any atom is -0.352 e. The van der Waals surface area contributed by atoms with E-state index in [1.807, 2.05) is 6.07 Å². The number of rotatable bonds is 6. The number of nitrogens with one attached hydrogen (secondary N) is 2. The molecule has 26 heavy (non-hydrogen) atoms. The van der Waals surface area contributed by atoms with Crippen LogP contribution in [0.5, 0.6) is 0 Å². The predicted octanol–water partition coefficient (Wildman–Crippen LogP) is 1.95. The molecule has 0 aliphatic carbocycles. The second-order valence-electron chi connectivity index (χ2n) is 6.95. The van der Waals surface area contributed by atoms with Crippen molar-refractivity contribution >= 4 is 17.5 Å². The van der Waals surface area contributed by atoms with Gasteiger partial charge in [-0.2, -0.15) is 5.10 Å². The Labute approximate surface area is 152 Å². The molecule has 1 aromatic carbocycles. The summed E-state index contributed by atoms with van der Waals surface area (Å²) in [4.78, 5) is 25.5. The molecule has 3 rings (SSSR count). The van der Waals surface area contributed by atoms with Crippen LogP contribution in [0, 0.1) is 5.82 Å². The SMILES string of the molecule is O=C1CCC(CCC(=O)N[C@@H]2CCCN(Cc3ccccc3F)C2)=NN1. The number of hydrazone groups is 1. The normalized spacial score (nSPS) is 21.0. The van der Waals surface area contributed by atoms with Crippen LogP contribution in [0.2, 0.25) is 0 Å². The fraction of sp³-hybridized carbons (Fsp3) is 0.526. The molecule has 2 amide bonds. The van der Waals surface area contributed by atoms with Gasteiger partial charge in [0, 0.05) is 43.2 Å². The largest absolute Gasteiger partial charge is 0.352 e. The van der Waals surface area contributed by atoms with E-state index < -0.39 is 0 Å². The third-order valence-electron chi connectivity index (χ3n) is 4.84. The Morgan fingerprint density at radius 2 is 2.19 bits per heavy atom. The Kier molecular flexibility index (Phi) is 6.33. The molecule has 7 heteroatoms. The molecule has 0 unspecified atom stereocenters. The van der Waals surface area contributed by atoms with Gasteiger partial charge in [-0.3, -0.25) is 14.5 Å². The number of hydrogen-bond acceptors (Lipinski definition) is 4. The summed E-state index contributed by atoms with van der Waals surface area (Å²) in [6.45, 7) is 2.21. The van der Waals surface area contributed by atoms with Gasteiger partial charge in [-0.1, -0.05) is 18.2 Å². The van der Waals surface area contributed by atoms with Crippen molar-refractivity contribution in [2.75, 3.05) is 13.1 Å². The van der Waals surface area contributed by atoms with Gasteiger partial charge in [0.2, 0.25) is 11.8 Å². The van der Waals surface area contributed by atoms with Gasteiger partial charge in [0.25, 0.3) is 0 Å². The van der Waals surface area contributed by atoms with Crippen LogP contribution in [-0.4, -0.2) is 41.6 Å². The van der Waals surface area contributed by atoms with E-state index in [9.17, 15) is 14.0 Å². The third kappa shape index (κ3) is 5.36. The van der Waals surface area contributed by atoms with Crippen LogP contribution in [0.1, 0.15) is 44.1 Å². The quantitative estimate of drug-likeness (QED) is 0.814. The molecule has 6 nitrogen and oxygen atoms in total. The zero-order valence-electron chi connectivity index (χ0n) is 14.8. The van der Waals surface area contributed by atoms with E-state index in [0.29, 0.717) is 37.8 Å². The smallest absolute Gasteiger partial charge is 0.240 e. The highest BCUT2D eigenvalue weighted by Gasteiger charge is 2.22. The van der Waals surface area contributed by atoms with Crippen molar-refractivity contribution in [1.29, 1.82) is 0 Å². The van der Waals surface area contributed by atoms with Gasteiger partial charge in [0.15, 0.2) is 0 Å². The number of hydrogen-bond donors (Lipinski definition) is 2. The summed E-state index contributed by atoms with van der Waals surface area (Å²) < 4.78 is 13.8. The topological polar surface area (TPSA) is 73.8 Å². The van der Waals surface area contributed by atoms with Crippen LogP contribution >= 0.6 is 0 Å². The summed E-state index contributed by atoms with van der Waals surface area (Å²) in [5.74, 6) is -0.253. The molecule has 2 heterocycles. The number of amides is 2. The Hall–Kier alpha value is -2.28. The minimum atomic E-state index is -0.181. The number of carbonyl (C=O) groups is 2. The van der Waals surface area contributed by atoms with Crippen molar-refractivity contribution in [2.24, 2.45) is 5.10 Å². The van der Waals surface area contributed by atoms with Gasteiger partial charge < -0.3 is 5.32 Å². The number of halogens is 1. The molecule has 2 aliphatic heterocycles. The van der Waals surface area contributed by atoms with E-state index in [1.165, 1.54) is 6.07 Å². The first-order valence-corrected chi connectivity index (χ1v) is 9.19. The van der Waals surface area contributed by atoms with Crippen LogP contribution in [0.4, 0.5) is 4.39 Å². The molecule has 2 N–H and O–H groups in total. The van der Waals surface area contributed by atoms with E-state index in [0.717, 1.165) is 31.6 Å². The molecule has 1 saturated heterocycles. The Balaban J connectivity index is 1.43. The van der Waals surface area contributed by atoms with Crippen molar-refractivity contribution in [1.82, 2.24) is 15.6 Å². The second kappa shape index (κ2) is 8.89. The van der Waals surface area contributed by atoms with Gasteiger partial charge in [-0.05, 0) is 38.3 Å². The lowest BCUT2D eigenvalue weighted by Gasteiger charge is -2.33. The average Bonchev–Trinajstić information content (AvgIpc) is 2.63. The van der Waals surface area contributed by atoms with Crippen molar-refractivity contribution in [2.45, 2.75) is 51.1 Å². The lowest BCUT2D eigenvalue weighted by Crippen LogP contribution is -2.47. The van der Waals surface area contributed by atoms with Gasteiger partial charge >= 0.3 is 0 Å². The van der Waals surface area contributed by atoms with Gasteiger partial charge in [0.05, 0.1) is 0 Å². The predicted molar refractivity (Wildman–Crippen MR) is 96.9 cm³/mol. The first kappa shape index (κ1) is 18.5. The minimum absolute atomic E-state index is 0.00217. The highest BCUT2D eigenvalue weighted by Crippen LogP contribution is 2.16. The number of likely N-dealkylation sites (tertiary alicyclic amines) is 1. The molecular formula is C19H25FN4O2. The van der Waals surface area contributed by atoms with Gasteiger partial charge in [0.1, 0.15) is 5.82 Å². The number of piperidine rings is 1. The summed E-state index contributed by atoms with van der Waals surface area (Å²) in [5, 5.41) is 7.07. The first-order chi connectivity index (χ1) is 12.6. The third-order valence-corrected chi connectivity index (χ3v) is 4.84. The number of nitrogens with zero attached hydrogens (tertiary/aromatic N) is 2. The fourth-order valence-electron chi connectivity index (χ4n) is 3.43. The van der Waals surface area contributed by atoms with Crippen LogP contribution in [-0.2, 0) is 16.1 Å². The van der Waals surface area contributed by atoms with Crippen molar-refractivity contribution in [3.63, 3.8) is 0 Å². The lowest BCUT2D eigenvalue weighted by atomic mass is 10.0. The Morgan fingerprint density at radius 1 is 1.35 bits per heavy atom. The number of carbonyl (C=O) groups excluding carboxylic acids is 2. The zero-order valence-corrected chi connectivity index (χ0v) is 14.8. The summed E-state index contributed by atoms with van der Waals surface area (Å²) in [7, 11) is 0. The molecule has 1 atom stereocenters. The highest BCUT2D eigenvalue weighted by molar-refractivity contribution is 5.94. The maximum Gasteiger partial charge on any atom is 0.240 e.